The summed E-state index contributed by atoms with van der Waals surface area (Å²) >= 11 is 1.19. The second kappa shape index (κ2) is 7.50. The third-order valence-electron chi connectivity index (χ3n) is 4.05. The minimum atomic E-state index is -0.491. The van der Waals surface area contributed by atoms with E-state index in [2.05, 4.69) is 20.0 Å². The standard InChI is InChI=1S/C16H19N5O2S/c17-14(23)10-4-3-5-11(8-10)15-20-16(24-21-15)19-13(9-22)12-6-1-2-7-18-12/h3-5,8-9,12-13,18H,1-2,6-7H2,(H2,17,23)(H,19,20,21). The van der Waals surface area contributed by atoms with Crippen molar-refractivity contribution in [1.29, 1.82) is 0 Å². The number of nitrogens with zero attached hydrogens (tertiary/aromatic N) is 2. The summed E-state index contributed by atoms with van der Waals surface area (Å²) < 4.78 is 4.30. The minimum absolute atomic E-state index is 0.113. The van der Waals surface area contributed by atoms with Gasteiger partial charge in [0.15, 0.2) is 5.82 Å². The third-order valence-corrected chi connectivity index (χ3v) is 4.70. The van der Waals surface area contributed by atoms with Crippen LogP contribution >= 0.6 is 11.5 Å². The monoisotopic (exact) mass is 345 g/mol. The van der Waals surface area contributed by atoms with Crippen LogP contribution in [0, 0.1) is 0 Å². The molecule has 1 aromatic carbocycles. The maximum Gasteiger partial charge on any atom is 0.248 e. The summed E-state index contributed by atoms with van der Waals surface area (Å²) in [6.45, 7) is 0.929. The Kier molecular flexibility index (Phi) is 5.17. The van der Waals surface area contributed by atoms with Crippen LogP contribution in [-0.2, 0) is 4.79 Å². The first kappa shape index (κ1) is 16.5. The lowest BCUT2D eigenvalue weighted by Gasteiger charge is -2.28. The fourth-order valence-electron chi connectivity index (χ4n) is 2.77. The average Bonchev–Trinajstić information content (AvgIpc) is 3.09. The fraction of sp³-hybridized carbons (Fsp3) is 0.375. The van der Waals surface area contributed by atoms with E-state index in [0.29, 0.717) is 22.1 Å². The molecule has 0 radical (unpaired) electrons. The highest BCUT2D eigenvalue weighted by Crippen LogP contribution is 2.23. The highest BCUT2D eigenvalue weighted by molar-refractivity contribution is 7.09. The number of amides is 1. The van der Waals surface area contributed by atoms with Crippen molar-refractivity contribution in [2.75, 3.05) is 11.9 Å². The van der Waals surface area contributed by atoms with E-state index in [-0.39, 0.29) is 12.1 Å². The molecule has 8 heteroatoms. The zero-order valence-corrected chi connectivity index (χ0v) is 13.9. The number of carbonyl (C=O) groups is 2. The van der Waals surface area contributed by atoms with Crippen molar-refractivity contribution in [3.05, 3.63) is 29.8 Å². The number of benzene rings is 1. The Morgan fingerprint density at radius 2 is 2.33 bits per heavy atom. The highest BCUT2D eigenvalue weighted by Gasteiger charge is 2.23. The molecule has 1 saturated heterocycles. The predicted molar refractivity (Wildman–Crippen MR) is 93.0 cm³/mol. The van der Waals surface area contributed by atoms with Gasteiger partial charge in [-0.3, -0.25) is 4.79 Å². The first-order valence-electron chi connectivity index (χ1n) is 7.86. The lowest BCUT2D eigenvalue weighted by atomic mass is 9.99. The molecule has 1 aromatic heterocycles. The molecule has 2 unspecified atom stereocenters. The van der Waals surface area contributed by atoms with Crippen LogP contribution in [0.15, 0.2) is 24.3 Å². The van der Waals surface area contributed by atoms with Crippen LogP contribution in [0.4, 0.5) is 5.13 Å². The number of anilines is 1. The summed E-state index contributed by atoms with van der Waals surface area (Å²) in [5.41, 5.74) is 6.42. The Labute approximate surface area is 143 Å². The van der Waals surface area contributed by atoms with Gasteiger partial charge in [0.1, 0.15) is 6.29 Å². The Morgan fingerprint density at radius 1 is 1.46 bits per heavy atom. The second-order valence-corrected chi connectivity index (χ2v) is 6.48. The van der Waals surface area contributed by atoms with Crippen LogP contribution in [0.1, 0.15) is 29.6 Å². The number of carbonyl (C=O) groups excluding carboxylic acids is 2. The summed E-state index contributed by atoms with van der Waals surface area (Å²) in [5, 5.41) is 7.09. The zero-order chi connectivity index (χ0) is 16.9. The molecule has 1 aliphatic rings. The van der Waals surface area contributed by atoms with Crippen molar-refractivity contribution in [3.63, 3.8) is 0 Å². The lowest BCUT2D eigenvalue weighted by Crippen LogP contribution is -2.47. The molecule has 1 aliphatic heterocycles. The van der Waals surface area contributed by atoms with E-state index in [4.69, 9.17) is 5.73 Å². The molecule has 1 amide bonds. The van der Waals surface area contributed by atoms with E-state index in [1.165, 1.54) is 11.5 Å². The number of aromatic nitrogens is 2. The summed E-state index contributed by atoms with van der Waals surface area (Å²) in [6.07, 6.45) is 4.13. The number of hydrogen-bond acceptors (Lipinski definition) is 7. The Hall–Kier alpha value is -2.32. The molecule has 0 bridgehead atoms. The van der Waals surface area contributed by atoms with Crippen LogP contribution in [0.5, 0.6) is 0 Å². The van der Waals surface area contributed by atoms with Gasteiger partial charge in [-0.25, -0.2) is 0 Å². The van der Waals surface area contributed by atoms with Gasteiger partial charge in [0.25, 0.3) is 0 Å². The van der Waals surface area contributed by atoms with Crippen molar-refractivity contribution in [1.82, 2.24) is 14.7 Å². The normalized spacial score (nSPS) is 18.8. The molecule has 0 spiro atoms. The van der Waals surface area contributed by atoms with Crippen molar-refractivity contribution in [3.8, 4) is 11.4 Å². The number of primary amides is 1. The van der Waals surface area contributed by atoms with Gasteiger partial charge in [0.05, 0.1) is 6.04 Å². The van der Waals surface area contributed by atoms with E-state index >= 15 is 0 Å². The molecule has 4 N–H and O–H groups in total. The molecule has 0 saturated carbocycles. The molecule has 0 aliphatic carbocycles. The van der Waals surface area contributed by atoms with Crippen molar-refractivity contribution >= 4 is 28.9 Å². The number of rotatable bonds is 6. The summed E-state index contributed by atoms with van der Waals surface area (Å²) in [4.78, 5) is 27.1. The smallest absolute Gasteiger partial charge is 0.248 e. The third kappa shape index (κ3) is 3.77. The van der Waals surface area contributed by atoms with Gasteiger partial charge in [0, 0.05) is 28.7 Å². The van der Waals surface area contributed by atoms with E-state index in [9.17, 15) is 9.59 Å². The largest absolute Gasteiger partial charge is 0.366 e. The highest BCUT2D eigenvalue weighted by atomic mass is 32.1. The lowest BCUT2D eigenvalue weighted by molar-refractivity contribution is -0.109. The minimum Gasteiger partial charge on any atom is -0.366 e. The molecule has 3 rings (SSSR count). The summed E-state index contributed by atoms with van der Waals surface area (Å²) in [5.74, 6) is 0.0154. The van der Waals surface area contributed by atoms with E-state index < -0.39 is 5.91 Å². The Balaban J connectivity index is 1.74. The fourth-order valence-corrected chi connectivity index (χ4v) is 3.40. The van der Waals surface area contributed by atoms with Gasteiger partial charge in [0.2, 0.25) is 11.0 Å². The van der Waals surface area contributed by atoms with Gasteiger partial charge in [-0.15, -0.1) is 0 Å². The predicted octanol–water partition coefficient (Wildman–Crippen LogP) is 1.43. The van der Waals surface area contributed by atoms with Crippen LogP contribution in [0.25, 0.3) is 11.4 Å². The van der Waals surface area contributed by atoms with Crippen LogP contribution in [0.3, 0.4) is 0 Å². The summed E-state index contributed by atoms with van der Waals surface area (Å²) in [7, 11) is 0. The molecule has 126 valence electrons. The van der Waals surface area contributed by atoms with Gasteiger partial charge in [-0.05, 0) is 31.5 Å². The second-order valence-electron chi connectivity index (χ2n) is 5.73. The number of hydrogen-bond donors (Lipinski definition) is 3. The van der Waals surface area contributed by atoms with Crippen molar-refractivity contribution in [2.45, 2.75) is 31.3 Å². The molecule has 24 heavy (non-hydrogen) atoms. The average molecular weight is 345 g/mol. The van der Waals surface area contributed by atoms with Crippen molar-refractivity contribution in [2.24, 2.45) is 5.73 Å². The van der Waals surface area contributed by atoms with Gasteiger partial charge in [-0.1, -0.05) is 18.6 Å². The molecule has 2 atom stereocenters. The molecule has 7 nitrogen and oxygen atoms in total. The molecule has 2 aromatic rings. The van der Waals surface area contributed by atoms with E-state index in [0.717, 1.165) is 32.1 Å². The first-order valence-corrected chi connectivity index (χ1v) is 8.64. The van der Waals surface area contributed by atoms with E-state index in [1.54, 1.807) is 18.2 Å². The molecule has 1 fully saturated rings. The quantitative estimate of drug-likeness (QED) is 0.683. The first-order chi connectivity index (χ1) is 11.7. The maximum absolute atomic E-state index is 11.4. The maximum atomic E-state index is 11.4. The number of aldehydes is 1. The van der Waals surface area contributed by atoms with Crippen LogP contribution in [0.2, 0.25) is 0 Å². The molecule has 2 heterocycles. The van der Waals surface area contributed by atoms with Crippen LogP contribution in [-0.4, -0.2) is 40.2 Å². The topological polar surface area (TPSA) is 110 Å². The zero-order valence-electron chi connectivity index (χ0n) is 13.1. The van der Waals surface area contributed by atoms with Gasteiger partial charge in [-0.2, -0.15) is 9.36 Å². The Bertz CT molecular complexity index is 727. The SMILES string of the molecule is NC(=O)c1cccc(-c2nsc(NC(C=O)C3CCCCN3)n2)c1. The number of piperidine rings is 1. The van der Waals surface area contributed by atoms with Gasteiger partial charge < -0.3 is 21.2 Å². The number of nitrogens with two attached hydrogens (primary N) is 1. The van der Waals surface area contributed by atoms with Crippen molar-refractivity contribution < 1.29 is 9.59 Å². The Morgan fingerprint density at radius 3 is 3.04 bits per heavy atom. The van der Waals surface area contributed by atoms with Gasteiger partial charge >= 0.3 is 0 Å². The molecular weight excluding hydrogens is 326 g/mol. The van der Waals surface area contributed by atoms with E-state index in [1.807, 2.05) is 6.07 Å². The van der Waals surface area contributed by atoms with Crippen LogP contribution < -0.4 is 16.4 Å². The summed E-state index contributed by atoms with van der Waals surface area (Å²) in [6, 6.07) is 6.65. The molecular formula is C16H19N5O2S. The number of nitrogens with one attached hydrogen (secondary N) is 2.